The SMILES string of the molecule is CCCCCCCCCCC(=O)c1ccc(C2OCCO2)s1. The van der Waals surface area contributed by atoms with E-state index in [9.17, 15) is 4.79 Å². The number of ether oxygens (including phenoxy) is 2. The lowest BCUT2D eigenvalue weighted by molar-refractivity contribution is -0.0413. The van der Waals surface area contributed by atoms with Crippen LogP contribution in [0.1, 0.15) is 85.5 Å². The molecule has 4 heteroatoms. The molecule has 1 aromatic rings. The van der Waals surface area contributed by atoms with E-state index in [0.717, 1.165) is 16.2 Å². The first-order valence-corrected chi connectivity index (χ1v) is 9.49. The minimum atomic E-state index is -0.255. The summed E-state index contributed by atoms with van der Waals surface area (Å²) in [6, 6.07) is 3.87. The first kappa shape index (κ1) is 17.6. The maximum Gasteiger partial charge on any atom is 0.193 e. The highest BCUT2D eigenvalue weighted by Crippen LogP contribution is 2.30. The van der Waals surface area contributed by atoms with Crippen molar-refractivity contribution in [2.75, 3.05) is 13.2 Å². The second-order valence-corrected chi connectivity index (χ2v) is 7.04. The summed E-state index contributed by atoms with van der Waals surface area (Å²) in [7, 11) is 0. The second-order valence-electron chi connectivity index (χ2n) is 5.92. The van der Waals surface area contributed by atoms with Crippen LogP contribution in [0.2, 0.25) is 0 Å². The van der Waals surface area contributed by atoms with E-state index in [4.69, 9.17) is 9.47 Å². The molecule has 0 unspecified atom stereocenters. The Balaban J connectivity index is 1.59. The molecule has 1 aliphatic heterocycles. The van der Waals surface area contributed by atoms with Crippen molar-refractivity contribution in [1.82, 2.24) is 0 Å². The number of ketones is 1. The number of carbonyl (C=O) groups is 1. The number of Topliss-reactive ketones (excluding diaryl/α,β-unsaturated/α-hetero) is 1. The van der Waals surface area contributed by atoms with Crippen LogP contribution in [-0.4, -0.2) is 19.0 Å². The van der Waals surface area contributed by atoms with E-state index in [-0.39, 0.29) is 12.1 Å². The molecule has 124 valence electrons. The van der Waals surface area contributed by atoms with E-state index in [1.165, 1.54) is 56.3 Å². The summed E-state index contributed by atoms with van der Waals surface area (Å²) in [5.41, 5.74) is 0. The highest BCUT2D eigenvalue weighted by atomic mass is 32.1. The Hall–Kier alpha value is -0.710. The fourth-order valence-corrected chi connectivity index (χ4v) is 3.67. The predicted molar refractivity (Wildman–Crippen MR) is 90.5 cm³/mol. The van der Waals surface area contributed by atoms with Gasteiger partial charge in [0, 0.05) is 6.42 Å². The molecule has 1 fully saturated rings. The van der Waals surface area contributed by atoms with Crippen molar-refractivity contribution in [3.8, 4) is 0 Å². The van der Waals surface area contributed by atoms with Gasteiger partial charge < -0.3 is 9.47 Å². The molecule has 1 saturated heterocycles. The molecule has 2 rings (SSSR count). The van der Waals surface area contributed by atoms with Crippen molar-refractivity contribution >= 4 is 17.1 Å². The Morgan fingerprint density at radius 2 is 1.68 bits per heavy atom. The molecule has 0 N–H and O–H groups in total. The van der Waals surface area contributed by atoms with Crippen LogP contribution < -0.4 is 0 Å². The number of unbranched alkanes of at least 4 members (excludes halogenated alkanes) is 7. The van der Waals surface area contributed by atoms with Crippen molar-refractivity contribution in [1.29, 1.82) is 0 Å². The van der Waals surface area contributed by atoms with Crippen LogP contribution in [0, 0.1) is 0 Å². The zero-order valence-corrected chi connectivity index (χ0v) is 14.5. The predicted octanol–water partition coefficient (Wildman–Crippen LogP) is 5.51. The maximum absolute atomic E-state index is 12.2. The summed E-state index contributed by atoms with van der Waals surface area (Å²) < 4.78 is 10.9. The molecule has 1 aromatic heterocycles. The lowest BCUT2D eigenvalue weighted by Gasteiger charge is -2.04. The molecule has 0 radical (unpaired) electrons. The molecule has 1 aliphatic rings. The maximum atomic E-state index is 12.2. The quantitative estimate of drug-likeness (QED) is 0.398. The third-order valence-corrected chi connectivity index (χ3v) is 5.16. The minimum absolute atomic E-state index is 0.255. The fourth-order valence-electron chi connectivity index (χ4n) is 2.69. The summed E-state index contributed by atoms with van der Waals surface area (Å²) >= 11 is 1.52. The molecular weight excluding hydrogens is 296 g/mol. The van der Waals surface area contributed by atoms with E-state index in [1.54, 1.807) is 0 Å². The monoisotopic (exact) mass is 324 g/mol. The van der Waals surface area contributed by atoms with E-state index >= 15 is 0 Å². The van der Waals surface area contributed by atoms with Gasteiger partial charge in [0.1, 0.15) is 0 Å². The van der Waals surface area contributed by atoms with Crippen LogP contribution >= 0.6 is 11.3 Å². The summed E-state index contributed by atoms with van der Waals surface area (Å²) in [6.45, 7) is 3.53. The molecule has 3 nitrogen and oxygen atoms in total. The van der Waals surface area contributed by atoms with Crippen molar-refractivity contribution < 1.29 is 14.3 Å². The molecule has 0 aromatic carbocycles. The van der Waals surface area contributed by atoms with Gasteiger partial charge in [-0.25, -0.2) is 0 Å². The number of thiophene rings is 1. The normalized spacial score (nSPS) is 15.5. The van der Waals surface area contributed by atoms with Gasteiger partial charge in [-0.15, -0.1) is 11.3 Å². The number of carbonyl (C=O) groups excluding carboxylic acids is 1. The third-order valence-electron chi connectivity index (χ3n) is 4.01. The number of rotatable bonds is 11. The van der Waals surface area contributed by atoms with Gasteiger partial charge in [-0.2, -0.15) is 0 Å². The molecule has 2 heterocycles. The van der Waals surface area contributed by atoms with Gasteiger partial charge in [0.15, 0.2) is 12.1 Å². The van der Waals surface area contributed by atoms with Crippen LogP contribution in [0.15, 0.2) is 12.1 Å². The Morgan fingerprint density at radius 1 is 1.05 bits per heavy atom. The Labute approximate surface area is 138 Å². The highest BCUT2D eigenvalue weighted by Gasteiger charge is 2.21. The zero-order valence-electron chi connectivity index (χ0n) is 13.6. The standard InChI is InChI=1S/C18H28O3S/c1-2-3-4-5-6-7-8-9-10-15(19)16-11-12-17(22-16)18-20-13-14-21-18/h11-12,18H,2-10,13-14H2,1H3. The highest BCUT2D eigenvalue weighted by molar-refractivity contribution is 7.14. The average molecular weight is 324 g/mol. The zero-order chi connectivity index (χ0) is 15.6. The molecule has 0 aliphatic carbocycles. The van der Waals surface area contributed by atoms with Crippen LogP contribution in [0.5, 0.6) is 0 Å². The van der Waals surface area contributed by atoms with Crippen LogP contribution in [0.25, 0.3) is 0 Å². The summed E-state index contributed by atoms with van der Waals surface area (Å²) in [5.74, 6) is 0.264. The topological polar surface area (TPSA) is 35.5 Å². The average Bonchev–Trinajstić information content (AvgIpc) is 3.20. The van der Waals surface area contributed by atoms with E-state index in [1.807, 2.05) is 12.1 Å². The number of hydrogen-bond acceptors (Lipinski definition) is 4. The van der Waals surface area contributed by atoms with Crippen molar-refractivity contribution in [2.45, 2.75) is 71.0 Å². The molecule has 0 atom stereocenters. The Bertz CT molecular complexity index is 435. The van der Waals surface area contributed by atoms with Crippen molar-refractivity contribution in [2.24, 2.45) is 0 Å². The van der Waals surface area contributed by atoms with Gasteiger partial charge in [-0.3, -0.25) is 4.79 Å². The molecule has 0 spiro atoms. The Morgan fingerprint density at radius 3 is 2.36 bits per heavy atom. The summed E-state index contributed by atoms with van der Waals surface area (Å²) in [5, 5.41) is 0. The first-order chi connectivity index (χ1) is 10.8. The summed E-state index contributed by atoms with van der Waals surface area (Å²) in [6.07, 6.45) is 10.5. The Kier molecular flexibility index (Phi) is 8.13. The third kappa shape index (κ3) is 5.82. The molecular formula is C18H28O3S. The van der Waals surface area contributed by atoms with Gasteiger partial charge in [0.25, 0.3) is 0 Å². The molecule has 0 bridgehead atoms. The van der Waals surface area contributed by atoms with Crippen LogP contribution in [0.3, 0.4) is 0 Å². The van der Waals surface area contributed by atoms with Crippen molar-refractivity contribution in [3.63, 3.8) is 0 Å². The van der Waals surface area contributed by atoms with Gasteiger partial charge in [-0.05, 0) is 18.6 Å². The van der Waals surface area contributed by atoms with Gasteiger partial charge in [0.05, 0.1) is 23.0 Å². The smallest absolute Gasteiger partial charge is 0.193 e. The van der Waals surface area contributed by atoms with Gasteiger partial charge in [-0.1, -0.05) is 51.9 Å². The lowest BCUT2D eigenvalue weighted by atomic mass is 10.1. The van der Waals surface area contributed by atoms with E-state index in [0.29, 0.717) is 19.6 Å². The summed E-state index contributed by atoms with van der Waals surface area (Å²) in [4.78, 5) is 14.0. The fraction of sp³-hybridized carbons (Fsp3) is 0.722. The van der Waals surface area contributed by atoms with Gasteiger partial charge in [0.2, 0.25) is 0 Å². The van der Waals surface area contributed by atoms with Gasteiger partial charge >= 0.3 is 0 Å². The van der Waals surface area contributed by atoms with Crippen molar-refractivity contribution in [3.05, 3.63) is 21.9 Å². The van der Waals surface area contributed by atoms with Crippen LogP contribution in [-0.2, 0) is 9.47 Å². The number of hydrogen-bond donors (Lipinski definition) is 0. The largest absolute Gasteiger partial charge is 0.345 e. The second kappa shape index (κ2) is 10.1. The van der Waals surface area contributed by atoms with E-state index < -0.39 is 0 Å². The van der Waals surface area contributed by atoms with Crippen LogP contribution in [0.4, 0.5) is 0 Å². The first-order valence-electron chi connectivity index (χ1n) is 8.67. The molecule has 22 heavy (non-hydrogen) atoms. The molecule has 0 saturated carbocycles. The van der Waals surface area contributed by atoms with E-state index in [2.05, 4.69) is 6.92 Å². The lowest BCUT2D eigenvalue weighted by Crippen LogP contribution is -1.96. The molecule has 0 amide bonds. The minimum Gasteiger partial charge on any atom is -0.345 e.